The molecule has 18 heavy (non-hydrogen) atoms. The van der Waals surface area contributed by atoms with Gasteiger partial charge in [-0.3, -0.25) is 0 Å². The quantitative estimate of drug-likeness (QED) is 0.768. The highest BCUT2D eigenvalue weighted by Gasteiger charge is 2.17. The maximum atomic E-state index is 11.9. The van der Waals surface area contributed by atoms with Crippen LogP contribution in [0.3, 0.4) is 0 Å². The van der Waals surface area contributed by atoms with E-state index in [4.69, 9.17) is 16.9 Å². The molecule has 0 spiro atoms. The molecular formula is C11H14ClN3O2S. The van der Waals surface area contributed by atoms with Gasteiger partial charge in [0.2, 0.25) is 10.0 Å². The SMILES string of the molecule is CNCCCNS(=O)(=O)c1ccc(C#N)cc1Cl. The van der Waals surface area contributed by atoms with Gasteiger partial charge < -0.3 is 5.32 Å². The number of benzene rings is 1. The van der Waals surface area contributed by atoms with Gasteiger partial charge in [0.1, 0.15) is 4.90 Å². The van der Waals surface area contributed by atoms with Crippen LogP contribution in [0, 0.1) is 11.3 Å². The highest BCUT2D eigenvalue weighted by atomic mass is 35.5. The lowest BCUT2D eigenvalue weighted by Gasteiger charge is -2.08. The molecule has 0 amide bonds. The Labute approximate surface area is 112 Å². The minimum absolute atomic E-state index is 0.00683. The highest BCUT2D eigenvalue weighted by Crippen LogP contribution is 2.22. The van der Waals surface area contributed by atoms with E-state index < -0.39 is 10.0 Å². The van der Waals surface area contributed by atoms with E-state index in [0.717, 1.165) is 6.54 Å². The Morgan fingerprint density at radius 3 is 2.67 bits per heavy atom. The molecular weight excluding hydrogens is 274 g/mol. The molecule has 0 atom stereocenters. The van der Waals surface area contributed by atoms with Crippen LogP contribution < -0.4 is 10.0 Å². The Morgan fingerprint density at radius 2 is 2.11 bits per heavy atom. The first-order chi connectivity index (χ1) is 8.51. The predicted octanol–water partition coefficient (Wildman–Crippen LogP) is 1.10. The molecule has 0 aliphatic rings. The molecule has 0 aromatic heterocycles. The summed E-state index contributed by atoms with van der Waals surface area (Å²) in [7, 11) is -1.82. The number of nitriles is 1. The Balaban J connectivity index is 2.82. The van der Waals surface area contributed by atoms with Crippen molar-refractivity contribution in [2.75, 3.05) is 20.1 Å². The molecule has 7 heteroatoms. The van der Waals surface area contributed by atoms with Gasteiger partial charge in [0.05, 0.1) is 16.7 Å². The Bertz CT molecular complexity index is 552. The topological polar surface area (TPSA) is 82.0 Å². The van der Waals surface area contributed by atoms with Gasteiger partial charge >= 0.3 is 0 Å². The molecule has 5 nitrogen and oxygen atoms in total. The number of nitrogens with zero attached hydrogens (tertiary/aromatic N) is 1. The lowest BCUT2D eigenvalue weighted by atomic mass is 10.2. The van der Waals surface area contributed by atoms with Crippen LogP contribution in [-0.4, -0.2) is 28.6 Å². The van der Waals surface area contributed by atoms with Crippen LogP contribution in [0.5, 0.6) is 0 Å². The monoisotopic (exact) mass is 287 g/mol. The second-order valence-electron chi connectivity index (χ2n) is 3.61. The van der Waals surface area contributed by atoms with E-state index in [2.05, 4.69) is 10.0 Å². The highest BCUT2D eigenvalue weighted by molar-refractivity contribution is 7.89. The third kappa shape index (κ3) is 3.96. The van der Waals surface area contributed by atoms with E-state index in [1.54, 1.807) is 7.05 Å². The molecule has 1 aromatic carbocycles. The zero-order chi connectivity index (χ0) is 13.6. The molecule has 0 fully saturated rings. The van der Waals surface area contributed by atoms with Crippen molar-refractivity contribution in [3.63, 3.8) is 0 Å². The average Bonchev–Trinajstić information content (AvgIpc) is 2.34. The minimum atomic E-state index is -3.62. The van der Waals surface area contributed by atoms with E-state index in [9.17, 15) is 8.42 Å². The van der Waals surface area contributed by atoms with Crippen LogP contribution in [0.25, 0.3) is 0 Å². The van der Waals surface area contributed by atoms with Crippen molar-refractivity contribution in [1.82, 2.24) is 10.0 Å². The van der Waals surface area contributed by atoms with Gasteiger partial charge in [-0.15, -0.1) is 0 Å². The third-order valence-corrected chi connectivity index (χ3v) is 4.19. The van der Waals surface area contributed by atoms with Crippen LogP contribution >= 0.6 is 11.6 Å². The minimum Gasteiger partial charge on any atom is -0.320 e. The summed E-state index contributed by atoms with van der Waals surface area (Å²) in [6.45, 7) is 1.06. The van der Waals surface area contributed by atoms with Crippen molar-refractivity contribution in [2.24, 2.45) is 0 Å². The van der Waals surface area contributed by atoms with Gasteiger partial charge in [-0.25, -0.2) is 13.1 Å². The summed E-state index contributed by atoms with van der Waals surface area (Å²) < 4.78 is 26.3. The van der Waals surface area contributed by atoms with Crippen molar-refractivity contribution in [1.29, 1.82) is 5.26 Å². The number of halogens is 1. The molecule has 0 unspecified atom stereocenters. The number of sulfonamides is 1. The van der Waals surface area contributed by atoms with E-state index >= 15 is 0 Å². The number of hydrogen-bond acceptors (Lipinski definition) is 4. The van der Waals surface area contributed by atoms with E-state index in [-0.39, 0.29) is 9.92 Å². The normalized spacial score (nSPS) is 11.2. The molecule has 1 aromatic rings. The standard InChI is InChI=1S/C11H14ClN3O2S/c1-14-5-2-6-15-18(16,17)11-4-3-9(8-13)7-10(11)12/h3-4,7,14-15H,2,5-6H2,1H3. The summed E-state index contributed by atoms with van der Waals surface area (Å²) in [5.74, 6) is 0. The molecule has 0 radical (unpaired) electrons. The summed E-state index contributed by atoms with van der Waals surface area (Å²) in [6.07, 6.45) is 0.684. The summed E-state index contributed by atoms with van der Waals surface area (Å²) in [5, 5.41) is 11.6. The first-order valence-corrected chi connectivity index (χ1v) is 7.21. The van der Waals surface area contributed by atoms with Crippen molar-refractivity contribution in [2.45, 2.75) is 11.3 Å². The zero-order valence-electron chi connectivity index (χ0n) is 9.90. The van der Waals surface area contributed by atoms with Crippen LogP contribution in [0.2, 0.25) is 5.02 Å². The first kappa shape index (κ1) is 14.9. The van der Waals surface area contributed by atoms with Crippen LogP contribution in [0.1, 0.15) is 12.0 Å². The molecule has 2 N–H and O–H groups in total. The van der Waals surface area contributed by atoms with Crippen LogP contribution in [-0.2, 0) is 10.0 Å². The summed E-state index contributed by atoms with van der Waals surface area (Å²) in [5.41, 5.74) is 0.328. The summed E-state index contributed by atoms with van der Waals surface area (Å²) in [6, 6.07) is 5.99. The van der Waals surface area contributed by atoms with Crippen molar-refractivity contribution >= 4 is 21.6 Å². The van der Waals surface area contributed by atoms with Crippen molar-refractivity contribution in [3.8, 4) is 6.07 Å². The fourth-order valence-corrected chi connectivity index (χ4v) is 2.95. The molecule has 1 rings (SSSR count). The van der Waals surface area contributed by atoms with Gasteiger partial charge in [0, 0.05) is 6.54 Å². The van der Waals surface area contributed by atoms with Crippen LogP contribution in [0.4, 0.5) is 0 Å². The molecule has 0 aliphatic carbocycles. The van der Waals surface area contributed by atoms with Gasteiger partial charge in [-0.2, -0.15) is 5.26 Å². The molecule has 0 saturated carbocycles. The second-order valence-corrected chi connectivity index (χ2v) is 5.75. The largest absolute Gasteiger partial charge is 0.320 e. The fourth-order valence-electron chi connectivity index (χ4n) is 1.34. The van der Waals surface area contributed by atoms with Crippen molar-refractivity contribution in [3.05, 3.63) is 28.8 Å². The molecule has 98 valence electrons. The fraction of sp³-hybridized carbons (Fsp3) is 0.364. The maximum Gasteiger partial charge on any atom is 0.242 e. The molecule has 0 heterocycles. The smallest absolute Gasteiger partial charge is 0.242 e. The number of hydrogen-bond donors (Lipinski definition) is 2. The Morgan fingerprint density at radius 1 is 1.39 bits per heavy atom. The molecule has 0 saturated heterocycles. The zero-order valence-corrected chi connectivity index (χ0v) is 11.5. The summed E-state index contributed by atoms with van der Waals surface area (Å²) in [4.78, 5) is -0.00683. The van der Waals surface area contributed by atoms with Gasteiger partial charge in [-0.05, 0) is 38.2 Å². The second kappa shape index (κ2) is 6.71. The van der Waals surface area contributed by atoms with E-state index in [1.807, 2.05) is 6.07 Å². The van der Waals surface area contributed by atoms with Gasteiger partial charge in [0.15, 0.2) is 0 Å². The Hall–Kier alpha value is -1.13. The van der Waals surface area contributed by atoms with Crippen LogP contribution in [0.15, 0.2) is 23.1 Å². The van der Waals surface area contributed by atoms with Crippen molar-refractivity contribution < 1.29 is 8.42 Å². The summed E-state index contributed by atoms with van der Waals surface area (Å²) >= 11 is 5.85. The first-order valence-electron chi connectivity index (χ1n) is 5.35. The lowest BCUT2D eigenvalue weighted by Crippen LogP contribution is -2.27. The van der Waals surface area contributed by atoms with Gasteiger partial charge in [-0.1, -0.05) is 11.6 Å². The maximum absolute atomic E-state index is 11.9. The number of nitrogens with one attached hydrogen (secondary N) is 2. The average molecular weight is 288 g/mol. The van der Waals surface area contributed by atoms with Gasteiger partial charge in [0.25, 0.3) is 0 Å². The molecule has 0 bridgehead atoms. The predicted molar refractivity (Wildman–Crippen MR) is 69.9 cm³/mol. The number of rotatable bonds is 6. The van der Waals surface area contributed by atoms with E-state index in [0.29, 0.717) is 18.5 Å². The lowest BCUT2D eigenvalue weighted by molar-refractivity contribution is 0.577. The Kier molecular flexibility index (Phi) is 5.56. The van der Waals surface area contributed by atoms with E-state index in [1.165, 1.54) is 18.2 Å². The molecule has 0 aliphatic heterocycles. The third-order valence-electron chi connectivity index (χ3n) is 2.25.